The summed E-state index contributed by atoms with van der Waals surface area (Å²) in [7, 11) is 0. The maximum absolute atomic E-state index is 11.8. The monoisotopic (exact) mass is 305 g/mol. The van der Waals surface area contributed by atoms with Crippen LogP contribution in [0.3, 0.4) is 0 Å². The molecule has 0 fully saturated rings. The van der Waals surface area contributed by atoms with Gasteiger partial charge >= 0.3 is 6.03 Å². The Kier molecular flexibility index (Phi) is 7.43. The van der Waals surface area contributed by atoms with Crippen molar-refractivity contribution >= 4 is 17.6 Å². The van der Waals surface area contributed by atoms with Crippen LogP contribution in [0.5, 0.6) is 0 Å². The Bertz CT molecular complexity index is 483. The van der Waals surface area contributed by atoms with Gasteiger partial charge < -0.3 is 16.0 Å². The Balaban J connectivity index is 2.34. The highest BCUT2D eigenvalue weighted by molar-refractivity contribution is 5.88. The molecular weight excluding hydrogens is 278 g/mol. The van der Waals surface area contributed by atoms with Gasteiger partial charge in [-0.15, -0.1) is 0 Å². The van der Waals surface area contributed by atoms with E-state index >= 15 is 0 Å². The maximum Gasteiger partial charge on any atom is 0.315 e. The van der Waals surface area contributed by atoms with E-state index in [1.807, 2.05) is 24.3 Å². The molecule has 0 aliphatic heterocycles. The van der Waals surface area contributed by atoms with E-state index in [0.29, 0.717) is 12.5 Å². The van der Waals surface area contributed by atoms with Gasteiger partial charge in [0, 0.05) is 25.2 Å². The molecule has 0 radical (unpaired) electrons. The predicted molar refractivity (Wildman–Crippen MR) is 89.9 cm³/mol. The van der Waals surface area contributed by atoms with E-state index in [2.05, 4.69) is 36.7 Å². The topological polar surface area (TPSA) is 70.2 Å². The lowest BCUT2D eigenvalue weighted by Crippen LogP contribution is -2.44. The molecule has 0 heterocycles. The molecule has 0 saturated carbocycles. The molecule has 22 heavy (non-hydrogen) atoms. The van der Waals surface area contributed by atoms with Gasteiger partial charge in [0.1, 0.15) is 0 Å². The van der Waals surface area contributed by atoms with E-state index in [1.54, 1.807) is 0 Å². The number of carbonyl (C=O) groups is 2. The molecule has 3 N–H and O–H groups in total. The first-order chi connectivity index (χ1) is 10.4. The Hall–Kier alpha value is -2.04. The fraction of sp³-hybridized carbons (Fsp3) is 0.529. The summed E-state index contributed by atoms with van der Waals surface area (Å²) < 4.78 is 0. The molecular formula is C17H27N3O2. The van der Waals surface area contributed by atoms with Crippen molar-refractivity contribution in [1.82, 2.24) is 10.6 Å². The Morgan fingerprint density at radius 2 is 1.77 bits per heavy atom. The first-order valence-electron chi connectivity index (χ1n) is 7.83. The van der Waals surface area contributed by atoms with E-state index in [9.17, 15) is 9.59 Å². The molecule has 0 aliphatic rings. The summed E-state index contributed by atoms with van der Waals surface area (Å²) in [6.45, 7) is 8.34. The van der Waals surface area contributed by atoms with Gasteiger partial charge in [-0.2, -0.15) is 0 Å². The van der Waals surface area contributed by atoms with Crippen molar-refractivity contribution < 1.29 is 9.59 Å². The molecule has 1 aromatic rings. The number of amides is 3. The predicted octanol–water partition coefficient (Wildman–Crippen LogP) is 2.92. The summed E-state index contributed by atoms with van der Waals surface area (Å²) >= 11 is 0. The average Bonchev–Trinajstić information content (AvgIpc) is 2.45. The average molecular weight is 305 g/mol. The molecule has 0 unspecified atom stereocenters. The molecule has 0 bridgehead atoms. The molecule has 5 heteroatoms. The number of benzene rings is 1. The minimum absolute atomic E-state index is 0.0817. The van der Waals surface area contributed by atoms with Crippen LogP contribution in [0.4, 0.5) is 10.5 Å². The van der Waals surface area contributed by atoms with E-state index in [0.717, 1.165) is 24.1 Å². The third kappa shape index (κ3) is 6.61. The zero-order valence-electron chi connectivity index (χ0n) is 13.9. The first kappa shape index (κ1) is 18.0. The maximum atomic E-state index is 11.8. The normalized spacial score (nSPS) is 11.9. The second kappa shape index (κ2) is 9.07. The molecule has 3 amide bonds. The Labute approximate surface area is 132 Å². The fourth-order valence-corrected chi connectivity index (χ4v) is 2.24. The van der Waals surface area contributed by atoms with Crippen LogP contribution in [0, 0.1) is 5.92 Å². The molecule has 5 nitrogen and oxygen atoms in total. The molecule has 0 aromatic heterocycles. The minimum Gasteiger partial charge on any atom is -0.338 e. The second-order valence-corrected chi connectivity index (χ2v) is 5.79. The van der Waals surface area contributed by atoms with Crippen LogP contribution in [0.15, 0.2) is 24.3 Å². The van der Waals surface area contributed by atoms with Crippen LogP contribution in [0.25, 0.3) is 0 Å². The van der Waals surface area contributed by atoms with Gasteiger partial charge in [-0.05, 0) is 36.5 Å². The third-order valence-corrected chi connectivity index (χ3v) is 3.53. The highest BCUT2D eigenvalue weighted by Crippen LogP contribution is 2.09. The van der Waals surface area contributed by atoms with Crippen molar-refractivity contribution in [1.29, 1.82) is 0 Å². The molecule has 0 aliphatic carbocycles. The van der Waals surface area contributed by atoms with Crippen LogP contribution in [-0.4, -0.2) is 24.5 Å². The van der Waals surface area contributed by atoms with E-state index in [1.165, 1.54) is 6.92 Å². The number of hydrogen-bond acceptors (Lipinski definition) is 2. The Morgan fingerprint density at radius 3 is 2.27 bits per heavy atom. The standard InChI is InChI=1S/C17H27N3O2/c1-5-16(12(2)3)20-17(22)18-11-10-14-6-8-15(9-7-14)19-13(4)21/h6-9,12,16H,5,10-11H2,1-4H3,(H,19,21)(H2,18,20,22)/t16-/m1/s1. The minimum atomic E-state index is -0.115. The quantitative estimate of drug-likeness (QED) is 0.725. The first-order valence-corrected chi connectivity index (χ1v) is 7.83. The lowest BCUT2D eigenvalue weighted by molar-refractivity contribution is -0.114. The highest BCUT2D eigenvalue weighted by Gasteiger charge is 2.13. The van der Waals surface area contributed by atoms with Crippen LogP contribution in [0.1, 0.15) is 39.7 Å². The summed E-state index contributed by atoms with van der Waals surface area (Å²) in [6.07, 6.45) is 1.68. The van der Waals surface area contributed by atoms with Gasteiger partial charge in [-0.3, -0.25) is 4.79 Å². The molecule has 1 rings (SSSR count). The van der Waals surface area contributed by atoms with Crippen molar-refractivity contribution in [3.63, 3.8) is 0 Å². The zero-order chi connectivity index (χ0) is 16.5. The van der Waals surface area contributed by atoms with E-state index < -0.39 is 0 Å². The summed E-state index contributed by atoms with van der Waals surface area (Å²) in [5, 5.41) is 8.59. The molecule has 0 saturated heterocycles. The third-order valence-electron chi connectivity index (χ3n) is 3.53. The number of nitrogens with one attached hydrogen (secondary N) is 3. The van der Waals surface area contributed by atoms with Gasteiger partial charge in [-0.1, -0.05) is 32.9 Å². The van der Waals surface area contributed by atoms with Crippen molar-refractivity contribution in [3.8, 4) is 0 Å². The summed E-state index contributed by atoms with van der Waals surface area (Å²) in [5.74, 6) is 0.346. The van der Waals surface area contributed by atoms with Gasteiger partial charge in [0.25, 0.3) is 0 Å². The number of urea groups is 1. The van der Waals surface area contributed by atoms with Gasteiger partial charge in [0.2, 0.25) is 5.91 Å². The number of rotatable bonds is 7. The molecule has 0 spiro atoms. The van der Waals surface area contributed by atoms with Crippen LogP contribution >= 0.6 is 0 Å². The largest absolute Gasteiger partial charge is 0.338 e. The fourth-order valence-electron chi connectivity index (χ4n) is 2.24. The number of carbonyl (C=O) groups excluding carboxylic acids is 2. The lowest BCUT2D eigenvalue weighted by Gasteiger charge is -2.20. The van der Waals surface area contributed by atoms with Crippen LogP contribution < -0.4 is 16.0 Å². The second-order valence-electron chi connectivity index (χ2n) is 5.79. The van der Waals surface area contributed by atoms with Gasteiger partial charge in [0.15, 0.2) is 0 Å². The SMILES string of the molecule is CC[C@@H](NC(=O)NCCc1ccc(NC(C)=O)cc1)C(C)C. The molecule has 122 valence electrons. The van der Waals surface area contributed by atoms with E-state index in [-0.39, 0.29) is 18.0 Å². The highest BCUT2D eigenvalue weighted by atomic mass is 16.2. The molecule has 1 atom stereocenters. The van der Waals surface area contributed by atoms with Gasteiger partial charge in [-0.25, -0.2) is 4.79 Å². The van der Waals surface area contributed by atoms with Crippen molar-refractivity contribution in [3.05, 3.63) is 29.8 Å². The summed E-state index contributed by atoms with van der Waals surface area (Å²) in [6, 6.07) is 7.72. The number of hydrogen-bond donors (Lipinski definition) is 3. The van der Waals surface area contributed by atoms with Crippen LogP contribution in [-0.2, 0) is 11.2 Å². The van der Waals surface area contributed by atoms with Crippen molar-refractivity contribution in [2.45, 2.75) is 46.6 Å². The van der Waals surface area contributed by atoms with Gasteiger partial charge in [0.05, 0.1) is 0 Å². The summed E-state index contributed by atoms with van der Waals surface area (Å²) in [4.78, 5) is 22.8. The van der Waals surface area contributed by atoms with E-state index in [4.69, 9.17) is 0 Å². The van der Waals surface area contributed by atoms with Crippen molar-refractivity contribution in [2.24, 2.45) is 5.92 Å². The van der Waals surface area contributed by atoms with Crippen molar-refractivity contribution in [2.75, 3.05) is 11.9 Å². The Morgan fingerprint density at radius 1 is 1.14 bits per heavy atom. The smallest absolute Gasteiger partial charge is 0.315 e. The lowest BCUT2D eigenvalue weighted by atomic mass is 10.0. The summed E-state index contributed by atoms with van der Waals surface area (Å²) in [5.41, 5.74) is 1.90. The molecule has 1 aromatic carbocycles. The zero-order valence-corrected chi connectivity index (χ0v) is 13.9. The number of anilines is 1. The van der Waals surface area contributed by atoms with Crippen LogP contribution in [0.2, 0.25) is 0 Å².